The summed E-state index contributed by atoms with van der Waals surface area (Å²) in [5.74, 6) is -0.275. The van der Waals surface area contributed by atoms with Crippen LogP contribution >= 0.6 is 11.6 Å². The first-order chi connectivity index (χ1) is 23.9. The van der Waals surface area contributed by atoms with Crippen LogP contribution in [-0.2, 0) is 44.3 Å². The van der Waals surface area contributed by atoms with Crippen LogP contribution in [0.5, 0.6) is 5.75 Å². The van der Waals surface area contributed by atoms with Gasteiger partial charge < -0.3 is 19.1 Å². The molecule has 268 valence electrons. The van der Waals surface area contributed by atoms with Crippen LogP contribution < -0.4 is 14.4 Å². The van der Waals surface area contributed by atoms with Crippen molar-refractivity contribution < 1.29 is 28.0 Å². The van der Waals surface area contributed by atoms with E-state index in [1.807, 2.05) is 37.3 Å². The Balaban J connectivity index is 1.49. The molecule has 1 unspecified atom stereocenters. The van der Waals surface area contributed by atoms with Crippen molar-refractivity contribution in [3.8, 4) is 5.75 Å². The fourth-order valence-electron chi connectivity index (χ4n) is 6.74. The SMILES string of the molecule is CO[C@H]1/C=C/COC(C)(C)C(=O)N=S(=O)(NC(=O)c2cc(C)n(C)n2)c2ccc3c(c2)N(CCCCc2cc(Cl)ccc2CO3)C[C@@H]2CC[C@H]21. The Morgan fingerprint density at radius 1 is 1.12 bits per heavy atom. The summed E-state index contributed by atoms with van der Waals surface area (Å²) < 4.78 is 41.8. The molecule has 1 N–H and O–H groups in total. The lowest BCUT2D eigenvalue weighted by Gasteiger charge is -2.43. The zero-order valence-corrected chi connectivity index (χ0v) is 30.9. The number of amides is 2. The monoisotopic (exact) mass is 723 g/mol. The lowest BCUT2D eigenvalue weighted by atomic mass is 9.70. The largest absolute Gasteiger partial charge is 0.487 e. The first kappa shape index (κ1) is 36.1. The first-order valence-electron chi connectivity index (χ1n) is 17.1. The molecule has 13 heteroatoms. The van der Waals surface area contributed by atoms with E-state index in [-0.39, 0.29) is 29.2 Å². The molecule has 0 saturated heterocycles. The van der Waals surface area contributed by atoms with Gasteiger partial charge in [0.15, 0.2) is 15.6 Å². The molecular formula is C37H46ClN5O6S. The molecule has 6 rings (SSSR count). The fourth-order valence-corrected chi connectivity index (χ4v) is 8.54. The Morgan fingerprint density at radius 3 is 2.66 bits per heavy atom. The van der Waals surface area contributed by atoms with Crippen molar-refractivity contribution in [2.75, 3.05) is 31.7 Å². The molecule has 50 heavy (non-hydrogen) atoms. The summed E-state index contributed by atoms with van der Waals surface area (Å²) in [4.78, 5) is 29.8. The minimum atomic E-state index is -3.90. The van der Waals surface area contributed by atoms with Gasteiger partial charge in [-0.25, -0.2) is 4.21 Å². The summed E-state index contributed by atoms with van der Waals surface area (Å²) in [7, 11) is -0.463. The maximum absolute atomic E-state index is 15.0. The Kier molecular flexibility index (Phi) is 10.7. The summed E-state index contributed by atoms with van der Waals surface area (Å²) in [6, 6.07) is 12.6. The molecule has 4 atom stereocenters. The highest BCUT2D eigenvalue weighted by Crippen LogP contribution is 2.42. The number of carbonyl (C=O) groups excluding carboxylic acids is 2. The molecule has 1 aliphatic carbocycles. The number of halogens is 1. The number of benzene rings is 2. The molecule has 3 aromatic rings. The van der Waals surface area contributed by atoms with E-state index in [0.717, 1.165) is 61.2 Å². The highest BCUT2D eigenvalue weighted by atomic mass is 35.5. The fraction of sp³-hybridized carbons (Fsp3) is 0.486. The lowest BCUT2D eigenvalue weighted by molar-refractivity contribution is -0.137. The van der Waals surface area contributed by atoms with Crippen molar-refractivity contribution in [2.24, 2.45) is 23.2 Å². The molecule has 0 radical (unpaired) electrons. The molecule has 1 saturated carbocycles. The van der Waals surface area contributed by atoms with Gasteiger partial charge in [-0.3, -0.25) is 19.0 Å². The van der Waals surface area contributed by atoms with Crippen molar-refractivity contribution in [3.63, 3.8) is 0 Å². The maximum atomic E-state index is 15.0. The van der Waals surface area contributed by atoms with Gasteiger partial charge in [-0.15, -0.1) is 4.36 Å². The van der Waals surface area contributed by atoms with Gasteiger partial charge in [0.05, 0.1) is 23.3 Å². The van der Waals surface area contributed by atoms with E-state index in [1.54, 1.807) is 57.0 Å². The van der Waals surface area contributed by atoms with Gasteiger partial charge in [0, 0.05) is 38.0 Å². The second-order valence-corrected chi connectivity index (χ2v) is 16.2. The molecule has 2 amide bonds. The quantitative estimate of drug-likeness (QED) is 0.317. The van der Waals surface area contributed by atoms with Crippen molar-refractivity contribution in [1.29, 1.82) is 0 Å². The van der Waals surface area contributed by atoms with E-state index >= 15 is 4.21 Å². The third-order valence-corrected chi connectivity index (χ3v) is 12.1. The number of ether oxygens (including phenoxy) is 3. The van der Waals surface area contributed by atoms with Crippen LogP contribution in [0.4, 0.5) is 5.69 Å². The zero-order valence-electron chi connectivity index (χ0n) is 29.3. The van der Waals surface area contributed by atoms with E-state index in [4.69, 9.17) is 25.8 Å². The summed E-state index contributed by atoms with van der Waals surface area (Å²) in [6.07, 6.45) is 8.51. The smallest absolute Gasteiger partial charge is 0.287 e. The van der Waals surface area contributed by atoms with Gasteiger partial charge in [-0.2, -0.15) is 5.10 Å². The third-order valence-electron chi connectivity index (χ3n) is 10.1. The zero-order chi connectivity index (χ0) is 35.6. The van der Waals surface area contributed by atoms with Crippen LogP contribution in [0.15, 0.2) is 63.9 Å². The molecule has 1 aromatic heterocycles. The predicted octanol–water partition coefficient (Wildman–Crippen LogP) is 6.21. The number of nitrogens with zero attached hydrogens (tertiary/aromatic N) is 4. The number of aryl methyl sites for hydroxylation is 3. The molecule has 2 aliphatic heterocycles. The molecule has 0 spiro atoms. The van der Waals surface area contributed by atoms with Crippen LogP contribution in [0.1, 0.15) is 66.8 Å². The molecular weight excluding hydrogens is 678 g/mol. The standard InChI is InChI=1S/C37H46ClN5O6S/c1-24-19-31(39-42(24)4)35(44)40-50(46)29-14-16-34-32(21-29)43(17-7-6-9-25-20-28(38)13-11-27(25)23-48-34)22-26-12-15-30(26)33(47-5)10-8-18-49-37(2,3)36(45)41-50/h8,10-11,13-14,16,19-21,26,30,33H,6-7,9,12,15,17-18,22-23H2,1-5H3,(H,40,41,44,45,46)/b10-8+/t26-,30+,33-,50?/m0/s1. The van der Waals surface area contributed by atoms with E-state index in [0.29, 0.717) is 29.8 Å². The minimum Gasteiger partial charge on any atom is -0.487 e. The van der Waals surface area contributed by atoms with Crippen molar-refractivity contribution in [3.05, 3.63) is 82.2 Å². The highest BCUT2D eigenvalue weighted by Gasteiger charge is 2.38. The van der Waals surface area contributed by atoms with Crippen LogP contribution in [0.3, 0.4) is 0 Å². The molecule has 11 nitrogen and oxygen atoms in total. The average Bonchev–Trinajstić information content (AvgIpc) is 3.40. The van der Waals surface area contributed by atoms with E-state index < -0.39 is 27.3 Å². The number of nitrogens with one attached hydrogen (secondary N) is 1. The maximum Gasteiger partial charge on any atom is 0.287 e. The number of rotatable bonds is 3. The number of anilines is 1. The van der Waals surface area contributed by atoms with Crippen LogP contribution in [0.2, 0.25) is 5.02 Å². The molecule has 3 heterocycles. The van der Waals surface area contributed by atoms with Gasteiger partial charge in [-0.1, -0.05) is 29.8 Å². The topological polar surface area (TPSA) is 124 Å². The highest BCUT2D eigenvalue weighted by molar-refractivity contribution is 7.92. The van der Waals surface area contributed by atoms with E-state index in [2.05, 4.69) is 19.1 Å². The Labute approximate surface area is 299 Å². The average molecular weight is 724 g/mol. The van der Waals surface area contributed by atoms with Crippen molar-refractivity contribution >= 4 is 39.0 Å². The number of methoxy groups -OCH3 is 1. The normalized spacial score (nSPS) is 26.2. The van der Waals surface area contributed by atoms with E-state index in [1.165, 1.54) is 0 Å². The summed E-state index contributed by atoms with van der Waals surface area (Å²) >= 11 is 6.38. The number of aromatic nitrogens is 2. The van der Waals surface area contributed by atoms with Gasteiger partial charge in [0.25, 0.3) is 11.8 Å². The Hall–Kier alpha value is -3.71. The number of carbonyl (C=O) groups is 2. The van der Waals surface area contributed by atoms with Crippen molar-refractivity contribution in [2.45, 2.75) is 76.1 Å². The molecule has 3 aliphatic rings. The van der Waals surface area contributed by atoms with E-state index in [9.17, 15) is 9.59 Å². The lowest BCUT2D eigenvalue weighted by Crippen LogP contribution is -2.44. The third kappa shape index (κ3) is 7.78. The van der Waals surface area contributed by atoms with Crippen molar-refractivity contribution in [1.82, 2.24) is 14.5 Å². The Bertz CT molecular complexity index is 1900. The van der Waals surface area contributed by atoms with Gasteiger partial charge in [0.2, 0.25) is 0 Å². The van der Waals surface area contributed by atoms with Gasteiger partial charge >= 0.3 is 0 Å². The minimum absolute atomic E-state index is 0.0610. The number of hydrogen-bond acceptors (Lipinski definition) is 8. The van der Waals surface area contributed by atoms with Gasteiger partial charge in [0.1, 0.15) is 18.0 Å². The summed E-state index contributed by atoms with van der Waals surface area (Å²) in [5.41, 5.74) is 2.28. The number of hydrogen-bond donors (Lipinski definition) is 1. The first-order valence-corrected chi connectivity index (χ1v) is 19.0. The van der Waals surface area contributed by atoms with Crippen LogP contribution in [0, 0.1) is 18.8 Å². The second-order valence-electron chi connectivity index (χ2n) is 13.8. The second kappa shape index (κ2) is 14.9. The molecule has 2 aromatic carbocycles. The predicted molar refractivity (Wildman–Crippen MR) is 193 cm³/mol. The Morgan fingerprint density at radius 2 is 1.94 bits per heavy atom. The summed E-state index contributed by atoms with van der Waals surface area (Å²) in [5, 5.41) is 4.95. The number of fused-ring (bicyclic) bond motifs is 3. The molecule has 2 bridgehead atoms. The summed E-state index contributed by atoms with van der Waals surface area (Å²) in [6.45, 7) is 6.83. The van der Waals surface area contributed by atoms with Crippen LogP contribution in [-0.4, -0.2) is 64.3 Å². The molecule has 1 fully saturated rings. The van der Waals surface area contributed by atoms with Crippen LogP contribution in [0.25, 0.3) is 0 Å². The van der Waals surface area contributed by atoms with Gasteiger partial charge in [-0.05, 0) is 112 Å².